The lowest BCUT2D eigenvalue weighted by Gasteiger charge is -2.15. The van der Waals surface area contributed by atoms with E-state index >= 15 is 0 Å². The summed E-state index contributed by atoms with van der Waals surface area (Å²) in [4.78, 5) is 15.1. The summed E-state index contributed by atoms with van der Waals surface area (Å²) in [5, 5.41) is 9.20. The van der Waals surface area contributed by atoms with Gasteiger partial charge in [-0.2, -0.15) is 11.3 Å². The lowest BCUT2D eigenvalue weighted by Crippen LogP contribution is -2.28. The Labute approximate surface area is 121 Å². The first-order valence-corrected chi connectivity index (χ1v) is 8.05. The van der Waals surface area contributed by atoms with Crippen LogP contribution >= 0.6 is 22.7 Å². The molecule has 0 unspecified atom stereocenters. The lowest BCUT2D eigenvalue weighted by atomic mass is 10.3. The molecule has 102 valence electrons. The zero-order chi connectivity index (χ0) is 13.5. The molecule has 0 spiro atoms. The van der Waals surface area contributed by atoms with Crippen molar-refractivity contribution in [1.29, 1.82) is 0 Å². The van der Waals surface area contributed by atoms with Crippen LogP contribution in [0.5, 0.6) is 0 Å². The van der Waals surface area contributed by atoms with Gasteiger partial charge in [-0.25, -0.2) is 0 Å². The van der Waals surface area contributed by atoms with Crippen LogP contribution < -0.4 is 5.32 Å². The van der Waals surface area contributed by atoms with Crippen molar-refractivity contribution in [2.75, 3.05) is 13.6 Å². The van der Waals surface area contributed by atoms with Gasteiger partial charge in [-0.05, 0) is 40.9 Å². The second-order valence-electron chi connectivity index (χ2n) is 4.48. The molecule has 2 heterocycles. The second-order valence-corrected chi connectivity index (χ2v) is 6.29. The first kappa shape index (κ1) is 14.2. The molecular formula is C14H18N2OS2. The average Bonchev–Trinajstić information content (AvgIpc) is 3.06. The normalized spacial score (nSPS) is 10.8. The highest BCUT2D eigenvalue weighted by molar-refractivity contribution is 7.09. The van der Waals surface area contributed by atoms with E-state index in [-0.39, 0.29) is 5.91 Å². The van der Waals surface area contributed by atoms with E-state index in [0.717, 1.165) is 13.1 Å². The van der Waals surface area contributed by atoms with Gasteiger partial charge in [0.1, 0.15) is 0 Å². The van der Waals surface area contributed by atoms with Gasteiger partial charge in [-0.3, -0.25) is 4.79 Å². The van der Waals surface area contributed by atoms with Crippen LogP contribution in [0, 0.1) is 0 Å². The molecule has 2 rings (SSSR count). The maximum absolute atomic E-state index is 11.7. The van der Waals surface area contributed by atoms with E-state index in [4.69, 9.17) is 0 Å². The molecule has 5 heteroatoms. The molecule has 1 N–H and O–H groups in total. The molecular weight excluding hydrogens is 276 g/mol. The van der Waals surface area contributed by atoms with Crippen LogP contribution in [0.2, 0.25) is 0 Å². The highest BCUT2D eigenvalue weighted by Crippen LogP contribution is 2.09. The Morgan fingerprint density at radius 3 is 2.95 bits per heavy atom. The van der Waals surface area contributed by atoms with Crippen LogP contribution in [0.1, 0.15) is 16.9 Å². The lowest BCUT2D eigenvalue weighted by molar-refractivity contribution is -0.121. The standard InChI is InChI=1S/C14H18N2OS2/c1-16(10-12-5-8-18-11-12)6-4-14(17)15-9-13-3-2-7-19-13/h2-3,5,7-8,11H,4,6,9-10H2,1H3,(H,15,17). The summed E-state index contributed by atoms with van der Waals surface area (Å²) in [6.07, 6.45) is 0.548. The SMILES string of the molecule is CN(CCC(=O)NCc1cccs1)Cc1ccsc1. The van der Waals surface area contributed by atoms with Crippen molar-refractivity contribution >= 4 is 28.6 Å². The first-order valence-electron chi connectivity index (χ1n) is 6.23. The third-order valence-electron chi connectivity index (χ3n) is 2.79. The molecule has 2 aromatic rings. The van der Waals surface area contributed by atoms with Crippen LogP contribution in [-0.4, -0.2) is 24.4 Å². The Morgan fingerprint density at radius 2 is 2.26 bits per heavy atom. The van der Waals surface area contributed by atoms with Gasteiger partial charge in [0, 0.05) is 24.4 Å². The molecule has 0 radical (unpaired) electrons. The molecule has 19 heavy (non-hydrogen) atoms. The molecule has 0 bridgehead atoms. The first-order chi connectivity index (χ1) is 9.24. The van der Waals surface area contributed by atoms with Crippen LogP contribution in [0.15, 0.2) is 34.3 Å². The summed E-state index contributed by atoms with van der Waals surface area (Å²) >= 11 is 3.38. The maximum atomic E-state index is 11.7. The van der Waals surface area contributed by atoms with Crippen LogP contribution in [0.3, 0.4) is 0 Å². The summed E-state index contributed by atoms with van der Waals surface area (Å²) < 4.78 is 0. The predicted molar refractivity (Wildman–Crippen MR) is 81.4 cm³/mol. The topological polar surface area (TPSA) is 32.3 Å². The predicted octanol–water partition coefficient (Wildman–Crippen LogP) is 2.95. The number of amides is 1. The van der Waals surface area contributed by atoms with Crippen LogP contribution in [-0.2, 0) is 17.9 Å². The van der Waals surface area contributed by atoms with Crippen molar-refractivity contribution in [2.45, 2.75) is 19.5 Å². The molecule has 0 fully saturated rings. The minimum atomic E-state index is 0.116. The molecule has 0 aliphatic rings. The highest BCUT2D eigenvalue weighted by atomic mass is 32.1. The van der Waals surface area contributed by atoms with Gasteiger partial charge in [-0.15, -0.1) is 11.3 Å². The number of hydrogen-bond acceptors (Lipinski definition) is 4. The molecule has 0 aliphatic heterocycles. The summed E-state index contributed by atoms with van der Waals surface area (Å²) in [6.45, 7) is 2.33. The number of carbonyl (C=O) groups is 1. The van der Waals surface area contributed by atoms with Crippen molar-refractivity contribution in [3.05, 3.63) is 44.8 Å². The molecule has 0 atom stereocenters. The van der Waals surface area contributed by atoms with E-state index in [2.05, 4.69) is 27.0 Å². The summed E-state index contributed by atoms with van der Waals surface area (Å²) in [5.74, 6) is 0.116. The monoisotopic (exact) mass is 294 g/mol. The van der Waals surface area contributed by atoms with Crippen molar-refractivity contribution < 1.29 is 4.79 Å². The van der Waals surface area contributed by atoms with Crippen molar-refractivity contribution in [3.8, 4) is 0 Å². The van der Waals surface area contributed by atoms with E-state index < -0.39 is 0 Å². The van der Waals surface area contributed by atoms with Gasteiger partial charge in [0.15, 0.2) is 0 Å². The summed E-state index contributed by atoms with van der Waals surface area (Å²) in [7, 11) is 2.05. The summed E-state index contributed by atoms with van der Waals surface area (Å²) in [5.41, 5.74) is 1.31. The van der Waals surface area contributed by atoms with Crippen molar-refractivity contribution in [2.24, 2.45) is 0 Å². The van der Waals surface area contributed by atoms with Gasteiger partial charge >= 0.3 is 0 Å². The van der Waals surface area contributed by atoms with E-state index in [1.54, 1.807) is 22.7 Å². The Hall–Kier alpha value is -1.17. The van der Waals surface area contributed by atoms with Gasteiger partial charge in [0.25, 0.3) is 0 Å². The van der Waals surface area contributed by atoms with Gasteiger partial charge in [-0.1, -0.05) is 6.07 Å². The number of nitrogens with zero attached hydrogens (tertiary/aromatic N) is 1. The smallest absolute Gasteiger partial charge is 0.221 e. The molecule has 0 saturated heterocycles. The molecule has 2 aromatic heterocycles. The minimum absolute atomic E-state index is 0.116. The average molecular weight is 294 g/mol. The van der Waals surface area contributed by atoms with E-state index in [0.29, 0.717) is 13.0 Å². The number of thiophene rings is 2. The maximum Gasteiger partial charge on any atom is 0.221 e. The molecule has 1 amide bonds. The number of nitrogens with one attached hydrogen (secondary N) is 1. The van der Waals surface area contributed by atoms with E-state index in [1.165, 1.54) is 10.4 Å². The van der Waals surface area contributed by atoms with Crippen LogP contribution in [0.25, 0.3) is 0 Å². The Morgan fingerprint density at radius 1 is 1.37 bits per heavy atom. The van der Waals surface area contributed by atoms with Crippen molar-refractivity contribution in [1.82, 2.24) is 10.2 Å². The largest absolute Gasteiger partial charge is 0.351 e. The quantitative estimate of drug-likeness (QED) is 0.851. The zero-order valence-electron chi connectivity index (χ0n) is 11.0. The Kier molecular flexibility index (Phi) is 5.57. The van der Waals surface area contributed by atoms with Gasteiger partial charge in [0.05, 0.1) is 6.54 Å². The highest BCUT2D eigenvalue weighted by Gasteiger charge is 2.05. The Bertz CT molecular complexity index is 480. The fourth-order valence-electron chi connectivity index (χ4n) is 1.75. The number of carbonyl (C=O) groups excluding carboxylic acids is 1. The van der Waals surface area contributed by atoms with Crippen LogP contribution in [0.4, 0.5) is 0 Å². The molecule has 0 saturated carbocycles. The van der Waals surface area contributed by atoms with E-state index in [1.807, 2.05) is 24.6 Å². The fraction of sp³-hybridized carbons (Fsp3) is 0.357. The minimum Gasteiger partial charge on any atom is -0.351 e. The molecule has 3 nitrogen and oxygen atoms in total. The number of hydrogen-bond donors (Lipinski definition) is 1. The van der Waals surface area contributed by atoms with Gasteiger partial charge in [0.2, 0.25) is 5.91 Å². The Balaban J connectivity index is 1.63. The van der Waals surface area contributed by atoms with Crippen molar-refractivity contribution in [3.63, 3.8) is 0 Å². The summed E-state index contributed by atoms with van der Waals surface area (Å²) in [6, 6.07) is 6.16. The molecule has 0 aromatic carbocycles. The number of rotatable bonds is 7. The third-order valence-corrected chi connectivity index (χ3v) is 4.40. The van der Waals surface area contributed by atoms with Gasteiger partial charge < -0.3 is 10.2 Å². The zero-order valence-corrected chi connectivity index (χ0v) is 12.6. The van der Waals surface area contributed by atoms with E-state index in [9.17, 15) is 4.79 Å². The third kappa shape index (κ3) is 5.14. The fourth-order valence-corrected chi connectivity index (χ4v) is 3.06. The second kappa shape index (κ2) is 7.43. The molecule has 0 aliphatic carbocycles.